The van der Waals surface area contributed by atoms with Crippen molar-refractivity contribution in [3.05, 3.63) is 28.2 Å². The number of nitrogens with zero attached hydrogens (tertiary/aromatic N) is 2. The summed E-state index contributed by atoms with van der Waals surface area (Å²) < 4.78 is 5.99. The Morgan fingerprint density at radius 2 is 2.38 bits per heavy atom. The van der Waals surface area contributed by atoms with E-state index in [1.54, 1.807) is 0 Å². The van der Waals surface area contributed by atoms with Crippen LogP contribution in [0.2, 0.25) is 0 Å². The molecule has 0 atom stereocenters. The highest BCUT2D eigenvalue weighted by molar-refractivity contribution is 5.70. The molecule has 13 heavy (non-hydrogen) atoms. The number of aromatic nitrogens is 2. The average Bonchev–Trinajstić information content (AvgIpc) is 2.17. The topological polar surface area (TPSA) is 61.2 Å². The lowest BCUT2D eigenvalue weighted by Crippen LogP contribution is -2.24. The van der Waals surface area contributed by atoms with Crippen molar-refractivity contribution in [1.29, 1.82) is 0 Å². The Morgan fingerprint density at radius 3 is 3.00 bits per heavy atom. The summed E-state index contributed by atoms with van der Waals surface area (Å²) in [7, 11) is 1.54. The Labute approximate surface area is 74.9 Å². The number of hydrogen-bond donors (Lipinski definition) is 0. The molecule has 0 unspecified atom stereocenters. The van der Waals surface area contributed by atoms with E-state index in [9.17, 15) is 9.59 Å². The van der Waals surface area contributed by atoms with Crippen LogP contribution < -0.4 is 5.56 Å². The second-order valence-corrected chi connectivity index (χ2v) is 2.43. The number of rotatable bonds is 4. The number of carbonyl (C=O) groups is 1. The van der Waals surface area contributed by atoms with Crippen LogP contribution in [0.1, 0.15) is 10.5 Å². The van der Waals surface area contributed by atoms with Crippen LogP contribution in [-0.2, 0) is 11.3 Å². The molecule has 70 valence electrons. The maximum absolute atomic E-state index is 11.1. The summed E-state index contributed by atoms with van der Waals surface area (Å²) in [6.07, 6.45) is 0.600. The molecule has 0 bridgehead atoms. The van der Waals surface area contributed by atoms with Gasteiger partial charge in [-0.05, 0) is 6.07 Å². The van der Waals surface area contributed by atoms with Crippen molar-refractivity contribution in [2.24, 2.45) is 0 Å². The summed E-state index contributed by atoms with van der Waals surface area (Å²) in [6, 6.07) is 2.70. The lowest BCUT2D eigenvalue weighted by molar-refractivity contribution is 0.111. The fourth-order valence-electron chi connectivity index (χ4n) is 0.866. The summed E-state index contributed by atoms with van der Waals surface area (Å²) in [5.74, 6) is 0. The highest BCUT2D eigenvalue weighted by atomic mass is 16.5. The monoisotopic (exact) mass is 182 g/mol. The highest BCUT2D eigenvalue weighted by Crippen LogP contribution is 1.84. The third kappa shape index (κ3) is 2.48. The van der Waals surface area contributed by atoms with Crippen molar-refractivity contribution in [2.75, 3.05) is 13.7 Å². The molecule has 0 aromatic carbocycles. The molecule has 5 nitrogen and oxygen atoms in total. The number of aldehydes is 1. The quantitative estimate of drug-likeness (QED) is 0.600. The standard InChI is InChI=1S/C8H10N2O3/c1-13-5-4-10-8(12)3-2-7(6-11)9-10/h2-3,6H,4-5H2,1H3. The molecule has 5 heteroatoms. The molecule has 0 N–H and O–H groups in total. The zero-order valence-electron chi connectivity index (χ0n) is 7.27. The first kappa shape index (κ1) is 9.60. The third-order valence-electron chi connectivity index (χ3n) is 1.52. The molecule has 0 aliphatic carbocycles. The molecular formula is C8H10N2O3. The third-order valence-corrected chi connectivity index (χ3v) is 1.52. The maximum atomic E-state index is 11.1. The van der Waals surface area contributed by atoms with Crippen molar-refractivity contribution >= 4 is 6.29 Å². The van der Waals surface area contributed by atoms with Crippen LogP contribution in [0, 0.1) is 0 Å². The molecular weight excluding hydrogens is 172 g/mol. The maximum Gasteiger partial charge on any atom is 0.266 e. The van der Waals surface area contributed by atoms with Crippen LogP contribution in [0.4, 0.5) is 0 Å². The normalized spacial score (nSPS) is 9.92. The first-order valence-electron chi connectivity index (χ1n) is 3.80. The molecule has 1 heterocycles. The minimum Gasteiger partial charge on any atom is -0.383 e. The Bertz CT molecular complexity index is 345. The Hall–Kier alpha value is -1.49. The number of carbonyl (C=O) groups excluding carboxylic acids is 1. The van der Waals surface area contributed by atoms with E-state index in [-0.39, 0.29) is 11.3 Å². The first-order chi connectivity index (χ1) is 6.27. The first-order valence-corrected chi connectivity index (χ1v) is 3.80. The molecule has 0 radical (unpaired) electrons. The minimum atomic E-state index is -0.234. The predicted octanol–water partition coefficient (Wildman–Crippen LogP) is -0.298. The van der Waals surface area contributed by atoms with Gasteiger partial charge in [-0.2, -0.15) is 5.10 Å². The molecule has 0 saturated heterocycles. The van der Waals surface area contributed by atoms with E-state index in [0.29, 0.717) is 19.4 Å². The highest BCUT2D eigenvalue weighted by Gasteiger charge is 1.98. The lowest BCUT2D eigenvalue weighted by Gasteiger charge is -2.02. The molecule has 1 aromatic heterocycles. The summed E-state index contributed by atoms with van der Waals surface area (Å²) in [4.78, 5) is 21.5. The van der Waals surface area contributed by atoms with Gasteiger partial charge in [0.15, 0.2) is 6.29 Å². The second kappa shape index (κ2) is 4.51. The van der Waals surface area contributed by atoms with Crippen LogP contribution in [0.15, 0.2) is 16.9 Å². The molecule has 0 spiro atoms. The van der Waals surface area contributed by atoms with Crippen molar-refractivity contribution < 1.29 is 9.53 Å². The van der Waals surface area contributed by atoms with Crippen molar-refractivity contribution in [1.82, 2.24) is 9.78 Å². The second-order valence-electron chi connectivity index (χ2n) is 2.43. The number of hydrogen-bond acceptors (Lipinski definition) is 4. The van der Waals surface area contributed by atoms with Gasteiger partial charge in [-0.25, -0.2) is 4.68 Å². The van der Waals surface area contributed by atoms with Gasteiger partial charge in [0.05, 0.1) is 13.2 Å². The SMILES string of the molecule is COCCn1nc(C=O)ccc1=O. The van der Waals surface area contributed by atoms with Crippen LogP contribution in [0.25, 0.3) is 0 Å². The van der Waals surface area contributed by atoms with Crippen molar-refractivity contribution in [2.45, 2.75) is 6.54 Å². The Kier molecular flexibility index (Phi) is 3.33. The van der Waals surface area contributed by atoms with Gasteiger partial charge in [0.1, 0.15) is 5.69 Å². The van der Waals surface area contributed by atoms with Gasteiger partial charge in [-0.1, -0.05) is 0 Å². The smallest absolute Gasteiger partial charge is 0.266 e. The molecule has 1 aromatic rings. The zero-order chi connectivity index (χ0) is 9.68. The van der Waals surface area contributed by atoms with Crippen molar-refractivity contribution in [3.63, 3.8) is 0 Å². The van der Waals surface area contributed by atoms with Crippen LogP contribution in [-0.4, -0.2) is 29.8 Å². The Balaban J connectivity index is 2.90. The number of ether oxygens (including phenoxy) is 1. The van der Waals surface area contributed by atoms with Crippen LogP contribution in [0.3, 0.4) is 0 Å². The van der Waals surface area contributed by atoms with E-state index in [1.807, 2.05) is 0 Å². The van der Waals surface area contributed by atoms with Gasteiger partial charge in [0.2, 0.25) is 0 Å². The van der Waals surface area contributed by atoms with Gasteiger partial charge in [0, 0.05) is 13.2 Å². The molecule has 0 amide bonds. The molecule has 0 fully saturated rings. The average molecular weight is 182 g/mol. The van der Waals surface area contributed by atoms with Gasteiger partial charge >= 0.3 is 0 Å². The van der Waals surface area contributed by atoms with Gasteiger partial charge in [-0.15, -0.1) is 0 Å². The molecule has 1 rings (SSSR count). The summed E-state index contributed by atoms with van der Waals surface area (Å²) >= 11 is 0. The lowest BCUT2D eigenvalue weighted by atomic mass is 10.4. The van der Waals surface area contributed by atoms with Gasteiger partial charge in [0.25, 0.3) is 5.56 Å². The van der Waals surface area contributed by atoms with E-state index in [0.717, 1.165) is 0 Å². The fourth-order valence-corrected chi connectivity index (χ4v) is 0.866. The zero-order valence-corrected chi connectivity index (χ0v) is 7.27. The predicted molar refractivity (Wildman–Crippen MR) is 45.8 cm³/mol. The van der Waals surface area contributed by atoms with E-state index in [2.05, 4.69) is 5.10 Å². The minimum absolute atomic E-state index is 0.234. The van der Waals surface area contributed by atoms with Crippen LogP contribution >= 0.6 is 0 Å². The number of methoxy groups -OCH3 is 1. The Morgan fingerprint density at radius 1 is 1.62 bits per heavy atom. The van der Waals surface area contributed by atoms with Crippen molar-refractivity contribution in [3.8, 4) is 0 Å². The van der Waals surface area contributed by atoms with E-state index >= 15 is 0 Å². The van der Waals surface area contributed by atoms with E-state index in [4.69, 9.17) is 4.74 Å². The summed E-state index contributed by atoms with van der Waals surface area (Å²) in [5.41, 5.74) is 0.0124. The van der Waals surface area contributed by atoms with E-state index < -0.39 is 0 Å². The molecule has 0 saturated carbocycles. The summed E-state index contributed by atoms with van der Waals surface area (Å²) in [5, 5.41) is 3.78. The molecule has 0 aliphatic rings. The summed E-state index contributed by atoms with van der Waals surface area (Å²) in [6.45, 7) is 0.756. The van der Waals surface area contributed by atoms with Gasteiger partial charge < -0.3 is 4.74 Å². The largest absolute Gasteiger partial charge is 0.383 e. The van der Waals surface area contributed by atoms with Crippen LogP contribution in [0.5, 0.6) is 0 Å². The molecule has 0 aliphatic heterocycles. The van der Waals surface area contributed by atoms with Gasteiger partial charge in [-0.3, -0.25) is 9.59 Å². The van der Waals surface area contributed by atoms with E-state index in [1.165, 1.54) is 23.9 Å². The fraction of sp³-hybridized carbons (Fsp3) is 0.375.